The van der Waals surface area contributed by atoms with Gasteiger partial charge in [0.1, 0.15) is 16.5 Å². The van der Waals surface area contributed by atoms with E-state index in [9.17, 15) is 17.6 Å². The molecule has 27 heavy (non-hydrogen) atoms. The highest BCUT2D eigenvalue weighted by atomic mass is 32.2. The molecule has 0 unspecified atom stereocenters. The van der Waals surface area contributed by atoms with Gasteiger partial charge in [0, 0.05) is 31.4 Å². The number of carbonyl (C=O) groups is 1. The lowest BCUT2D eigenvalue weighted by Crippen LogP contribution is -2.34. The molecule has 0 radical (unpaired) electrons. The minimum atomic E-state index is -4.09. The third-order valence-corrected chi connectivity index (χ3v) is 5.38. The molecule has 0 bridgehead atoms. The highest BCUT2D eigenvalue weighted by molar-refractivity contribution is 7.87. The smallest absolute Gasteiger partial charge is 0.339 e. The van der Waals surface area contributed by atoms with Crippen LogP contribution in [0.25, 0.3) is 0 Å². The van der Waals surface area contributed by atoms with E-state index < -0.39 is 15.9 Å². The number of nitrogens with zero attached hydrogens (tertiary/aromatic N) is 2. The molecule has 3 rings (SSSR count). The van der Waals surface area contributed by atoms with Gasteiger partial charge in [-0.25, -0.2) is 9.18 Å². The predicted octanol–water partition coefficient (Wildman–Crippen LogP) is 3.49. The molecule has 1 aliphatic rings. The Kier molecular flexibility index (Phi) is 5.36. The van der Waals surface area contributed by atoms with Gasteiger partial charge in [-0.2, -0.15) is 8.42 Å². The van der Waals surface area contributed by atoms with Gasteiger partial charge in [-0.15, -0.1) is 0 Å². The Labute approximate surface area is 158 Å². The van der Waals surface area contributed by atoms with Crippen molar-refractivity contribution in [2.75, 3.05) is 24.5 Å². The molecule has 0 atom stereocenters. The fourth-order valence-electron chi connectivity index (χ4n) is 2.92. The number of benzene rings is 2. The first kappa shape index (κ1) is 19.2. The van der Waals surface area contributed by atoms with Crippen LogP contribution >= 0.6 is 0 Å². The standard InChI is InChI=1S/C19H21FN2O4S/c1-14(2)13-21-10-11-22(19(21)23)16-6-8-18(9-7-16)27(24,25)26-17-5-3-4-15(20)12-17/h3-9,12,14H,10-11,13H2,1-2H3. The Balaban J connectivity index is 1.74. The maximum Gasteiger partial charge on any atom is 0.339 e. The van der Waals surface area contributed by atoms with Crippen LogP contribution in [0.15, 0.2) is 53.4 Å². The van der Waals surface area contributed by atoms with E-state index in [4.69, 9.17) is 4.18 Å². The van der Waals surface area contributed by atoms with Gasteiger partial charge in [0.2, 0.25) is 0 Å². The van der Waals surface area contributed by atoms with Crippen LogP contribution in [0, 0.1) is 11.7 Å². The minimum Gasteiger partial charge on any atom is -0.379 e. The van der Waals surface area contributed by atoms with E-state index in [1.54, 1.807) is 21.9 Å². The molecule has 1 aliphatic heterocycles. The number of rotatable bonds is 6. The van der Waals surface area contributed by atoms with Crippen LogP contribution in [0.1, 0.15) is 13.8 Å². The van der Waals surface area contributed by atoms with E-state index in [-0.39, 0.29) is 16.7 Å². The van der Waals surface area contributed by atoms with Crippen LogP contribution in [0.2, 0.25) is 0 Å². The third-order valence-electron chi connectivity index (χ3n) is 4.12. The fourth-order valence-corrected chi connectivity index (χ4v) is 3.84. The summed E-state index contributed by atoms with van der Waals surface area (Å²) in [6.07, 6.45) is 0. The lowest BCUT2D eigenvalue weighted by atomic mass is 10.2. The normalized spacial score (nSPS) is 14.9. The van der Waals surface area contributed by atoms with Gasteiger partial charge in [-0.1, -0.05) is 19.9 Å². The average molecular weight is 392 g/mol. The summed E-state index contributed by atoms with van der Waals surface area (Å²) >= 11 is 0. The van der Waals surface area contributed by atoms with Crippen LogP contribution < -0.4 is 9.08 Å². The largest absolute Gasteiger partial charge is 0.379 e. The van der Waals surface area contributed by atoms with Crippen molar-refractivity contribution in [2.45, 2.75) is 18.7 Å². The Bertz CT molecular complexity index is 929. The predicted molar refractivity (Wildman–Crippen MR) is 99.8 cm³/mol. The Morgan fingerprint density at radius 2 is 1.81 bits per heavy atom. The Hall–Kier alpha value is -2.61. The molecule has 0 spiro atoms. The lowest BCUT2D eigenvalue weighted by Gasteiger charge is -2.20. The van der Waals surface area contributed by atoms with Crippen molar-refractivity contribution >= 4 is 21.8 Å². The SMILES string of the molecule is CC(C)CN1CCN(c2ccc(S(=O)(=O)Oc3cccc(F)c3)cc2)C1=O. The second kappa shape index (κ2) is 7.56. The number of halogens is 1. The number of amides is 2. The molecular weight excluding hydrogens is 371 g/mol. The van der Waals surface area contributed by atoms with Crippen molar-refractivity contribution in [1.29, 1.82) is 0 Å². The van der Waals surface area contributed by atoms with Crippen LogP contribution in [0.4, 0.5) is 14.9 Å². The van der Waals surface area contributed by atoms with Gasteiger partial charge in [0.15, 0.2) is 0 Å². The maximum atomic E-state index is 13.2. The second-order valence-electron chi connectivity index (χ2n) is 6.76. The van der Waals surface area contributed by atoms with Crippen molar-refractivity contribution < 1.29 is 21.8 Å². The molecule has 2 aromatic carbocycles. The van der Waals surface area contributed by atoms with Gasteiger partial charge >= 0.3 is 16.1 Å². The van der Waals surface area contributed by atoms with Crippen molar-refractivity contribution in [1.82, 2.24) is 4.90 Å². The van der Waals surface area contributed by atoms with Crippen molar-refractivity contribution in [3.8, 4) is 5.75 Å². The first-order valence-corrected chi connectivity index (χ1v) is 10.0. The summed E-state index contributed by atoms with van der Waals surface area (Å²) in [5.41, 5.74) is 0.621. The van der Waals surface area contributed by atoms with Gasteiger partial charge < -0.3 is 9.08 Å². The summed E-state index contributed by atoms with van der Waals surface area (Å²) < 4.78 is 42.9. The van der Waals surface area contributed by atoms with Crippen LogP contribution in [0.5, 0.6) is 5.75 Å². The summed E-state index contributed by atoms with van der Waals surface area (Å²) in [5, 5.41) is 0. The topological polar surface area (TPSA) is 66.9 Å². The number of hydrogen-bond donors (Lipinski definition) is 0. The number of carbonyl (C=O) groups excluding carboxylic acids is 1. The highest BCUT2D eigenvalue weighted by Gasteiger charge is 2.30. The average Bonchev–Trinajstić information content (AvgIpc) is 2.95. The number of anilines is 1. The van der Waals surface area contributed by atoms with E-state index in [2.05, 4.69) is 0 Å². The molecule has 8 heteroatoms. The quantitative estimate of drug-likeness (QED) is 0.706. The van der Waals surface area contributed by atoms with Gasteiger partial charge in [-0.3, -0.25) is 4.90 Å². The molecular formula is C19H21FN2O4S. The first-order valence-electron chi connectivity index (χ1n) is 8.63. The molecule has 144 valence electrons. The molecule has 1 fully saturated rings. The maximum absolute atomic E-state index is 13.2. The first-order chi connectivity index (χ1) is 12.8. The van der Waals surface area contributed by atoms with E-state index in [0.717, 1.165) is 6.07 Å². The molecule has 0 saturated carbocycles. The van der Waals surface area contributed by atoms with Crippen LogP contribution in [-0.4, -0.2) is 39.0 Å². The Morgan fingerprint density at radius 1 is 1.11 bits per heavy atom. The number of urea groups is 1. The fraction of sp³-hybridized carbons (Fsp3) is 0.316. The second-order valence-corrected chi connectivity index (χ2v) is 8.31. The van der Waals surface area contributed by atoms with E-state index in [1.807, 2.05) is 13.8 Å². The molecule has 1 saturated heterocycles. The lowest BCUT2D eigenvalue weighted by molar-refractivity contribution is 0.215. The minimum absolute atomic E-state index is 0.0683. The van der Waals surface area contributed by atoms with E-state index in [0.29, 0.717) is 31.2 Å². The van der Waals surface area contributed by atoms with E-state index in [1.165, 1.54) is 30.3 Å². The summed E-state index contributed by atoms with van der Waals surface area (Å²) in [6.45, 7) is 5.98. The monoisotopic (exact) mass is 392 g/mol. The van der Waals surface area contributed by atoms with Crippen LogP contribution in [-0.2, 0) is 10.1 Å². The summed E-state index contributed by atoms with van der Waals surface area (Å²) in [4.78, 5) is 15.8. The van der Waals surface area contributed by atoms with E-state index >= 15 is 0 Å². The zero-order chi connectivity index (χ0) is 19.6. The van der Waals surface area contributed by atoms with Gasteiger partial charge in [-0.05, 0) is 42.3 Å². The third kappa shape index (κ3) is 4.39. The molecule has 0 aliphatic carbocycles. The van der Waals surface area contributed by atoms with Gasteiger partial charge in [0.05, 0.1) is 0 Å². The Morgan fingerprint density at radius 3 is 2.44 bits per heavy atom. The van der Waals surface area contributed by atoms with Crippen LogP contribution in [0.3, 0.4) is 0 Å². The molecule has 6 nitrogen and oxygen atoms in total. The van der Waals surface area contributed by atoms with Gasteiger partial charge in [0.25, 0.3) is 0 Å². The number of hydrogen-bond acceptors (Lipinski definition) is 4. The zero-order valence-electron chi connectivity index (χ0n) is 15.1. The van der Waals surface area contributed by atoms with Crippen molar-refractivity contribution in [3.05, 3.63) is 54.3 Å². The zero-order valence-corrected chi connectivity index (χ0v) is 15.9. The molecule has 0 N–H and O–H groups in total. The summed E-state index contributed by atoms with van der Waals surface area (Å²) in [5.74, 6) is -0.309. The summed E-state index contributed by atoms with van der Waals surface area (Å²) in [6, 6.07) is 10.7. The van der Waals surface area contributed by atoms with Crippen molar-refractivity contribution in [3.63, 3.8) is 0 Å². The highest BCUT2D eigenvalue weighted by Crippen LogP contribution is 2.25. The molecule has 2 amide bonds. The molecule has 1 heterocycles. The molecule has 0 aromatic heterocycles. The molecule has 2 aromatic rings. The summed E-state index contributed by atoms with van der Waals surface area (Å²) in [7, 11) is -4.09. The van der Waals surface area contributed by atoms with Crippen molar-refractivity contribution in [2.24, 2.45) is 5.92 Å².